The third-order valence-electron chi connectivity index (χ3n) is 2.69. The normalized spacial score (nSPS) is 25.2. The van der Waals surface area contributed by atoms with Crippen LogP contribution in [0.2, 0.25) is 0 Å². The van der Waals surface area contributed by atoms with Crippen LogP contribution in [0.3, 0.4) is 0 Å². The molecule has 2 rings (SSSR count). The van der Waals surface area contributed by atoms with Crippen molar-refractivity contribution in [2.24, 2.45) is 0 Å². The van der Waals surface area contributed by atoms with Gasteiger partial charge in [0.25, 0.3) is 0 Å². The van der Waals surface area contributed by atoms with Crippen molar-refractivity contribution in [1.82, 2.24) is 4.90 Å². The number of hydrogen-bond donors (Lipinski definition) is 2. The van der Waals surface area contributed by atoms with Gasteiger partial charge in [0, 0.05) is 24.1 Å². The number of nitrogens with zero attached hydrogens (tertiary/aromatic N) is 1. The van der Waals surface area contributed by atoms with Gasteiger partial charge in [0.1, 0.15) is 18.7 Å². The fourth-order valence-electron chi connectivity index (χ4n) is 1.92. The molecule has 1 heterocycles. The van der Waals surface area contributed by atoms with Crippen molar-refractivity contribution in [2.75, 3.05) is 6.54 Å². The number of benzene rings is 1. The van der Waals surface area contributed by atoms with E-state index in [4.69, 9.17) is 0 Å². The molecule has 15 heavy (non-hydrogen) atoms. The average Bonchev–Trinajstić information content (AvgIpc) is 2.51. The lowest BCUT2D eigenvalue weighted by molar-refractivity contribution is -0.111. The SMILES string of the molecule is O=CCCN1C(O)c2ccccc2C1O. The van der Waals surface area contributed by atoms with Crippen LogP contribution in [-0.4, -0.2) is 27.9 Å². The minimum absolute atomic E-state index is 0.308. The highest BCUT2D eigenvalue weighted by atomic mass is 16.3. The van der Waals surface area contributed by atoms with Crippen LogP contribution in [-0.2, 0) is 4.79 Å². The van der Waals surface area contributed by atoms with Crippen molar-refractivity contribution >= 4 is 6.29 Å². The molecule has 1 aliphatic heterocycles. The van der Waals surface area contributed by atoms with E-state index in [1.807, 2.05) is 12.1 Å². The lowest BCUT2D eigenvalue weighted by Gasteiger charge is -2.22. The van der Waals surface area contributed by atoms with Crippen LogP contribution in [0.25, 0.3) is 0 Å². The maximum absolute atomic E-state index is 10.3. The van der Waals surface area contributed by atoms with Crippen LogP contribution in [0.4, 0.5) is 0 Å². The van der Waals surface area contributed by atoms with Gasteiger partial charge in [-0.05, 0) is 0 Å². The van der Waals surface area contributed by atoms with Crippen LogP contribution in [0.1, 0.15) is 30.0 Å². The summed E-state index contributed by atoms with van der Waals surface area (Å²) in [5.74, 6) is 0. The Morgan fingerprint density at radius 2 is 1.73 bits per heavy atom. The first-order valence-electron chi connectivity index (χ1n) is 4.90. The number of rotatable bonds is 3. The monoisotopic (exact) mass is 207 g/mol. The summed E-state index contributed by atoms with van der Waals surface area (Å²) < 4.78 is 0. The van der Waals surface area contributed by atoms with Crippen LogP contribution < -0.4 is 0 Å². The Hall–Kier alpha value is -1.23. The quantitative estimate of drug-likeness (QED) is 0.711. The van der Waals surface area contributed by atoms with Gasteiger partial charge in [-0.2, -0.15) is 0 Å². The van der Waals surface area contributed by atoms with Gasteiger partial charge >= 0.3 is 0 Å². The largest absolute Gasteiger partial charge is 0.374 e. The Morgan fingerprint density at radius 3 is 2.20 bits per heavy atom. The Labute approximate surface area is 87.8 Å². The number of carbonyl (C=O) groups is 1. The van der Waals surface area contributed by atoms with E-state index < -0.39 is 12.5 Å². The Balaban J connectivity index is 2.24. The van der Waals surface area contributed by atoms with E-state index in [1.54, 1.807) is 12.1 Å². The second kappa shape index (κ2) is 4.10. The molecule has 0 bridgehead atoms. The minimum Gasteiger partial charge on any atom is -0.374 e. The molecular formula is C11H13NO3. The summed E-state index contributed by atoms with van der Waals surface area (Å²) in [5, 5.41) is 19.8. The van der Waals surface area contributed by atoms with Gasteiger partial charge in [0.2, 0.25) is 0 Å². The number of fused-ring (bicyclic) bond motifs is 1. The number of aliphatic hydroxyl groups is 2. The first-order chi connectivity index (χ1) is 7.25. The first-order valence-corrected chi connectivity index (χ1v) is 4.90. The molecule has 2 N–H and O–H groups in total. The average molecular weight is 207 g/mol. The summed E-state index contributed by atoms with van der Waals surface area (Å²) >= 11 is 0. The van der Waals surface area contributed by atoms with Crippen LogP contribution >= 0.6 is 0 Å². The van der Waals surface area contributed by atoms with Gasteiger partial charge in [-0.3, -0.25) is 0 Å². The van der Waals surface area contributed by atoms with E-state index in [9.17, 15) is 15.0 Å². The van der Waals surface area contributed by atoms with Gasteiger partial charge in [0.05, 0.1) is 0 Å². The van der Waals surface area contributed by atoms with Gasteiger partial charge in [0.15, 0.2) is 0 Å². The molecule has 0 aromatic heterocycles. The van der Waals surface area contributed by atoms with Gasteiger partial charge in [-0.15, -0.1) is 0 Å². The first kappa shape index (κ1) is 10.3. The van der Waals surface area contributed by atoms with Gasteiger partial charge in [-0.25, -0.2) is 4.90 Å². The summed E-state index contributed by atoms with van der Waals surface area (Å²) in [7, 11) is 0. The fourth-order valence-corrected chi connectivity index (χ4v) is 1.92. The molecule has 1 aromatic rings. The molecule has 0 aliphatic carbocycles. The van der Waals surface area contributed by atoms with Crippen LogP contribution in [0, 0.1) is 0 Å². The minimum atomic E-state index is -0.809. The molecule has 0 spiro atoms. The summed E-state index contributed by atoms with van der Waals surface area (Å²) in [6.45, 7) is 0.362. The Morgan fingerprint density at radius 1 is 1.20 bits per heavy atom. The molecule has 1 aromatic carbocycles. The van der Waals surface area contributed by atoms with Crippen molar-refractivity contribution in [3.05, 3.63) is 35.4 Å². The van der Waals surface area contributed by atoms with Gasteiger partial charge < -0.3 is 15.0 Å². The second-order valence-corrected chi connectivity index (χ2v) is 3.57. The number of aliphatic hydroxyl groups excluding tert-OH is 2. The maximum Gasteiger partial charge on any atom is 0.136 e. The highest BCUT2D eigenvalue weighted by Gasteiger charge is 2.35. The topological polar surface area (TPSA) is 60.8 Å². The lowest BCUT2D eigenvalue weighted by Crippen LogP contribution is -2.27. The van der Waals surface area contributed by atoms with Crippen molar-refractivity contribution in [2.45, 2.75) is 18.9 Å². The van der Waals surface area contributed by atoms with E-state index in [0.29, 0.717) is 13.0 Å². The third-order valence-corrected chi connectivity index (χ3v) is 2.69. The third kappa shape index (κ3) is 1.67. The van der Waals surface area contributed by atoms with Crippen molar-refractivity contribution in [3.8, 4) is 0 Å². The zero-order valence-electron chi connectivity index (χ0n) is 8.21. The van der Waals surface area contributed by atoms with E-state index in [-0.39, 0.29) is 0 Å². The molecule has 0 radical (unpaired) electrons. The highest BCUT2D eigenvalue weighted by molar-refractivity contribution is 5.49. The van der Waals surface area contributed by atoms with E-state index >= 15 is 0 Å². The summed E-state index contributed by atoms with van der Waals surface area (Å²) in [4.78, 5) is 11.8. The van der Waals surface area contributed by atoms with E-state index in [0.717, 1.165) is 17.4 Å². The number of hydrogen-bond acceptors (Lipinski definition) is 4. The molecule has 0 fully saturated rings. The molecule has 4 nitrogen and oxygen atoms in total. The Bertz CT molecular complexity index is 338. The lowest BCUT2D eigenvalue weighted by atomic mass is 10.1. The molecule has 0 saturated carbocycles. The van der Waals surface area contributed by atoms with Crippen molar-refractivity contribution in [3.63, 3.8) is 0 Å². The maximum atomic E-state index is 10.3. The molecule has 1 aliphatic rings. The summed E-state index contributed by atoms with van der Waals surface area (Å²) in [6, 6.07) is 7.20. The smallest absolute Gasteiger partial charge is 0.136 e. The molecule has 2 atom stereocenters. The number of aldehydes is 1. The van der Waals surface area contributed by atoms with E-state index in [2.05, 4.69) is 0 Å². The molecule has 0 saturated heterocycles. The fraction of sp³-hybridized carbons (Fsp3) is 0.364. The Kier molecular flexibility index (Phi) is 2.81. The molecule has 4 heteroatoms. The van der Waals surface area contributed by atoms with Gasteiger partial charge in [-0.1, -0.05) is 24.3 Å². The molecule has 0 amide bonds. The van der Waals surface area contributed by atoms with Crippen molar-refractivity contribution in [1.29, 1.82) is 0 Å². The molecule has 2 unspecified atom stereocenters. The number of carbonyl (C=O) groups excluding carboxylic acids is 1. The molecular weight excluding hydrogens is 194 g/mol. The predicted molar refractivity (Wildman–Crippen MR) is 53.7 cm³/mol. The van der Waals surface area contributed by atoms with Crippen LogP contribution in [0.5, 0.6) is 0 Å². The predicted octanol–water partition coefficient (Wildman–Crippen LogP) is 0.573. The summed E-state index contributed by atoms with van der Waals surface area (Å²) in [6.07, 6.45) is -0.530. The second-order valence-electron chi connectivity index (χ2n) is 3.57. The summed E-state index contributed by atoms with van der Waals surface area (Å²) in [5.41, 5.74) is 1.44. The van der Waals surface area contributed by atoms with Crippen molar-refractivity contribution < 1.29 is 15.0 Å². The zero-order chi connectivity index (χ0) is 10.8. The zero-order valence-corrected chi connectivity index (χ0v) is 8.21. The highest BCUT2D eigenvalue weighted by Crippen LogP contribution is 2.38. The van der Waals surface area contributed by atoms with E-state index in [1.165, 1.54) is 4.90 Å². The molecule has 80 valence electrons. The standard InChI is InChI=1S/C11H13NO3/c13-7-3-6-12-10(14)8-4-1-2-5-9(8)11(12)15/h1-2,4-5,7,10-11,14-15H,3,6H2. The van der Waals surface area contributed by atoms with Crippen LogP contribution in [0.15, 0.2) is 24.3 Å².